The van der Waals surface area contributed by atoms with Gasteiger partial charge in [-0.05, 0) is 17.5 Å². The Morgan fingerprint density at radius 2 is 1.93 bits per heavy atom. The van der Waals surface area contributed by atoms with Crippen LogP contribution in [0, 0.1) is 5.41 Å². The van der Waals surface area contributed by atoms with E-state index in [-0.39, 0.29) is 5.41 Å². The second-order valence-electron chi connectivity index (χ2n) is 4.94. The maximum Gasteiger partial charge on any atom is 0.107 e. The lowest BCUT2D eigenvalue weighted by molar-refractivity contribution is 0.402. The van der Waals surface area contributed by atoms with Crippen molar-refractivity contribution in [1.29, 1.82) is 0 Å². The van der Waals surface area contributed by atoms with E-state index in [2.05, 4.69) is 36.8 Å². The van der Waals surface area contributed by atoms with Crippen LogP contribution in [0.3, 0.4) is 0 Å². The van der Waals surface area contributed by atoms with E-state index in [0.717, 1.165) is 23.3 Å². The van der Waals surface area contributed by atoms with Crippen molar-refractivity contribution in [3.05, 3.63) is 30.1 Å². The number of fused-ring (bicyclic) bond motifs is 1. The summed E-state index contributed by atoms with van der Waals surface area (Å²) in [7, 11) is 0. The van der Waals surface area contributed by atoms with Gasteiger partial charge in [-0.15, -0.1) is 0 Å². The van der Waals surface area contributed by atoms with Gasteiger partial charge < -0.3 is 4.98 Å². The molecule has 2 heteroatoms. The van der Waals surface area contributed by atoms with Crippen LogP contribution in [0.25, 0.3) is 11.0 Å². The molecule has 0 saturated carbocycles. The molecule has 14 heavy (non-hydrogen) atoms. The highest BCUT2D eigenvalue weighted by molar-refractivity contribution is 5.74. The molecule has 1 aromatic heterocycles. The molecular formula is C12H16N2. The molecule has 1 aromatic carbocycles. The first kappa shape index (κ1) is 9.25. The van der Waals surface area contributed by atoms with Crippen LogP contribution in [0.1, 0.15) is 26.6 Å². The summed E-state index contributed by atoms with van der Waals surface area (Å²) in [5.41, 5.74) is 2.48. The van der Waals surface area contributed by atoms with Gasteiger partial charge in [-0.1, -0.05) is 32.9 Å². The van der Waals surface area contributed by atoms with Gasteiger partial charge in [-0.3, -0.25) is 0 Å². The third-order valence-electron chi connectivity index (χ3n) is 2.14. The number of aromatic amines is 1. The van der Waals surface area contributed by atoms with Gasteiger partial charge in [0, 0.05) is 6.42 Å². The van der Waals surface area contributed by atoms with Crippen LogP contribution in [0.5, 0.6) is 0 Å². The lowest BCUT2D eigenvalue weighted by atomic mass is 9.92. The highest BCUT2D eigenvalue weighted by Crippen LogP contribution is 2.20. The minimum Gasteiger partial charge on any atom is -0.342 e. The topological polar surface area (TPSA) is 28.7 Å². The van der Waals surface area contributed by atoms with Crippen LogP contribution >= 0.6 is 0 Å². The predicted octanol–water partition coefficient (Wildman–Crippen LogP) is 3.15. The predicted molar refractivity (Wildman–Crippen MR) is 59.3 cm³/mol. The molecule has 2 rings (SSSR count). The number of hydrogen-bond acceptors (Lipinski definition) is 1. The van der Waals surface area contributed by atoms with Gasteiger partial charge in [0.2, 0.25) is 0 Å². The number of H-pyrrole nitrogens is 1. The molecule has 0 bridgehead atoms. The molecule has 0 atom stereocenters. The Balaban J connectivity index is 2.36. The van der Waals surface area contributed by atoms with Crippen molar-refractivity contribution >= 4 is 11.0 Å². The Hall–Kier alpha value is -1.31. The molecule has 0 aliphatic rings. The Labute approximate surface area is 84.4 Å². The average molecular weight is 188 g/mol. The summed E-state index contributed by atoms with van der Waals surface area (Å²) in [6, 6.07) is 8.15. The number of nitrogens with one attached hydrogen (secondary N) is 1. The molecule has 74 valence electrons. The molecule has 0 amide bonds. The summed E-state index contributed by atoms with van der Waals surface area (Å²) in [6.45, 7) is 6.67. The maximum absolute atomic E-state index is 4.54. The van der Waals surface area contributed by atoms with Crippen molar-refractivity contribution in [2.24, 2.45) is 5.41 Å². The molecule has 2 aromatic rings. The summed E-state index contributed by atoms with van der Waals surface area (Å²) in [4.78, 5) is 7.88. The number of para-hydroxylation sites is 2. The number of hydrogen-bond donors (Lipinski definition) is 1. The first-order chi connectivity index (χ1) is 6.54. The molecular weight excluding hydrogens is 172 g/mol. The molecule has 0 aliphatic carbocycles. The van der Waals surface area contributed by atoms with Gasteiger partial charge in [0.1, 0.15) is 5.82 Å². The van der Waals surface area contributed by atoms with Crippen molar-refractivity contribution in [1.82, 2.24) is 9.97 Å². The molecule has 1 heterocycles. The summed E-state index contributed by atoms with van der Waals surface area (Å²) in [5, 5.41) is 0. The fourth-order valence-corrected chi connectivity index (χ4v) is 1.59. The smallest absolute Gasteiger partial charge is 0.107 e. The van der Waals surface area contributed by atoms with Crippen molar-refractivity contribution in [2.45, 2.75) is 27.2 Å². The Bertz CT molecular complexity index is 402. The van der Waals surface area contributed by atoms with Crippen LogP contribution < -0.4 is 0 Å². The number of benzene rings is 1. The molecule has 0 aliphatic heterocycles. The van der Waals surface area contributed by atoms with E-state index >= 15 is 0 Å². The first-order valence-corrected chi connectivity index (χ1v) is 4.98. The van der Waals surface area contributed by atoms with Gasteiger partial charge in [-0.25, -0.2) is 4.98 Å². The summed E-state index contributed by atoms with van der Waals surface area (Å²) < 4.78 is 0. The highest BCUT2D eigenvalue weighted by atomic mass is 14.9. The Kier molecular flexibility index (Phi) is 2.06. The number of aromatic nitrogens is 2. The van der Waals surface area contributed by atoms with Gasteiger partial charge in [0.05, 0.1) is 11.0 Å². The van der Waals surface area contributed by atoms with Crippen molar-refractivity contribution in [3.8, 4) is 0 Å². The third kappa shape index (κ3) is 1.95. The van der Waals surface area contributed by atoms with Gasteiger partial charge in [-0.2, -0.15) is 0 Å². The zero-order chi connectivity index (χ0) is 10.2. The minimum atomic E-state index is 0.286. The largest absolute Gasteiger partial charge is 0.342 e. The maximum atomic E-state index is 4.54. The zero-order valence-electron chi connectivity index (χ0n) is 8.96. The second kappa shape index (κ2) is 3.12. The quantitative estimate of drug-likeness (QED) is 0.731. The molecule has 1 N–H and O–H groups in total. The van der Waals surface area contributed by atoms with Crippen LogP contribution in [-0.2, 0) is 6.42 Å². The van der Waals surface area contributed by atoms with Crippen LogP contribution in [0.2, 0.25) is 0 Å². The monoisotopic (exact) mass is 188 g/mol. The normalized spacial score (nSPS) is 12.2. The molecule has 0 radical (unpaired) electrons. The van der Waals surface area contributed by atoms with E-state index in [1.165, 1.54) is 0 Å². The molecule has 0 saturated heterocycles. The fourth-order valence-electron chi connectivity index (χ4n) is 1.59. The van der Waals surface area contributed by atoms with Crippen molar-refractivity contribution in [2.75, 3.05) is 0 Å². The Morgan fingerprint density at radius 1 is 1.21 bits per heavy atom. The van der Waals surface area contributed by atoms with E-state index in [4.69, 9.17) is 0 Å². The van der Waals surface area contributed by atoms with Gasteiger partial charge in [0.15, 0.2) is 0 Å². The highest BCUT2D eigenvalue weighted by Gasteiger charge is 2.13. The third-order valence-corrected chi connectivity index (χ3v) is 2.14. The Morgan fingerprint density at radius 3 is 2.57 bits per heavy atom. The van der Waals surface area contributed by atoms with Crippen LogP contribution in [0.15, 0.2) is 24.3 Å². The summed E-state index contributed by atoms with van der Waals surface area (Å²) >= 11 is 0. The zero-order valence-corrected chi connectivity index (χ0v) is 8.96. The van der Waals surface area contributed by atoms with Crippen molar-refractivity contribution in [3.63, 3.8) is 0 Å². The summed E-state index contributed by atoms with van der Waals surface area (Å²) in [5.74, 6) is 1.08. The number of rotatable bonds is 1. The lowest BCUT2D eigenvalue weighted by Crippen LogP contribution is -2.10. The van der Waals surface area contributed by atoms with E-state index in [0.29, 0.717) is 0 Å². The molecule has 0 spiro atoms. The van der Waals surface area contributed by atoms with Gasteiger partial charge in [0.25, 0.3) is 0 Å². The standard InChI is InChI=1S/C12H16N2/c1-12(2,3)8-11-13-9-6-4-5-7-10(9)14-11/h4-7H,8H2,1-3H3,(H,13,14). The van der Waals surface area contributed by atoms with Gasteiger partial charge >= 0.3 is 0 Å². The van der Waals surface area contributed by atoms with E-state index in [1.54, 1.807) is 0 Å². The summed E-state index contributed by atoms with van der Waals surface area (Å²) in [6.07, 6.45) is 0.988. The van der Waals surface area contributed by atoms with E-state index < -0.39 is 0 Å². The minimum absolute atomic E-state index is 0.286. The SMILES string of the molecule is CC(C)(C)Cc1nc2ccccc2[nH]1. The second-order valence-corrected chi connectivity index (χ2v) is 4.94. The van der Waals surface area contributed by atoms with E-state index in [1.807, 2.05) is 18.2 Å². The average Bonchev–Trinajstić information content (AvgIpc) is 2.42. The number of imidazole rings is 1. The first-order valence-electron chi connectivity index (χ1n) is 4.98. The van der Waals surface area contributed by atoms with Crippen molar-refractivity contribution < 1.29 is 0 Å². The van der Waals surface area contributed by atoms with Crippen LogP contribution in [0.4, 0.5) is 0 Å². The lowest BCUT2D eigenvalue weighted by Gasteiger charge is -2.15. The van der Waals surface area contributed by atoms with E-state index in [9.17, 15) is 0 Å². The van der Waals surface area contributed by atoms with Crippen LogP contribution in [-0.4, -0.2) is 9.97 Å². The number of nitrogens with zero attached hydrogens (tertiary/aromatic N) is 1. The molecule has 2 nitrogen and oxygen atoms in total. The molecule has 0 fully saturated rings. The molecule has 0 unspecified atom stereocenters. The fraction of sp³-hybridized carbons (Fsp3) is 0.417.